The van der Waals surface area contributed by atoms with Crippen molar-refractivity contribution >= 4 is 53.1 Å². The number of fused-ring (bicyclic) bond motifs is 1. The summed E-state index contributed by atoms with van der Waals surface area (Å²) in [5, 5.41) is 34.8. The SMILES string of the molecule is CO[C@]1(NC(=O)CSc2nnnn2C)C(=O)N2C(C(=O)O)=C(CSc3nnnn3C)CS[C@H]21. The molecule has 2 amide bonds. The van der Waals surface area contributed by atoms with Gasteiger partial charge in [0.05, 0.1) is 5.75 Å². The summed E-state index contributed by atoms with van der Waals surface area (Å²) in [7, 11) is 4.61. The van der Waals surface area contributed by atoms with Crippen LogP contribution in [0.25, 0.3) is 0 Å². The molecule has 18 heteroatoms. The lowest BCUT2D eigenvalue weighted by atomic mass is 9.98. The van der Waals surface area contributed by atoms with E-state index < -0.39 is 28.9 Å². The summed E-state index contributed by atoms with van der Waals surface area (Å²) < 4.78 is 8.32. The summed E-state index contributed by atoms with van der Waals surface area (Å²) in [6, 6.07) is 0. The van der Waals surface area contributed by atoms with Gasteiger partial charge in [0.25, 0.3) is 11.6 Å². The molecule has 33 heavy (non-hydrogen) atoms. The minimum Gasteiger partial charge on any atom is -0.477 e. The fourth-order valence-electron chi connectivity index (χ4n) is 3.27. The number of aromatic nitrogens is 8. The highest BCUT2D eigenvalue weighted by Gasteiger charge is 2.66. The van der Waals surface area contributed by atoms with Crippen LogP contribution in [-0.2, 0) is 33.2 Å². The quantitative estimate of drug-likeness (QED) is 0.220. The molecule has 1 saturated heterocycles. The van der Waals surface area contributed by atoms with Gasteiger partial charge in [-0.2, -0.15) is 0 Å². The number of rotatable bonds is 9. The largest absolute Gasteiger partial charge is 0.477 e. The molecule has 2 aliphatic heterocycles. The zero-order valence-corrected chi connectivity index (χ0v) is 20.0. The molecule has 0 unspecified atom stereocenters. The van der Waals surface area contributed by atoms with E-state index in [1.165, 1.54) is 40.0 Å². The number of aliphatic carboxylic acids is 1. The van der Waals surface area contributed by atoms with E-state index in [1.54, 1.807) is 14.1 Å². The average Bonchev–Trinajstić information content (AvgIpc) is 3.40. The third kappa shape index (κ3) is 4.18. The van der Waals surface area contributed by atoms with Crippen LogP contribution >= 0.6 is 35.3 Å². The van der Waals surface area contributed by atoms with Gasteiger partial charge < -0.3 is 15.2 Å². The maximum absolute atomic E-state index is 13.1. The highest BCUT2D eigenvalue weighted by molar-refractivity contribution is 8.01. The van der Waals surface area contributed by atoms with Gasteiger partial charge in [0.15, 0.2) is 0 Å². The van der Waals surface area contributed by atoms with Crippen molar-refractivity contribution in [1.29, 1.82) is 0 Å². The third-order valence-electron chi connectivity index (χ3n) is 4.83. The Morgan fingerprint density at radius 1 is 1.21 bits per heavy atom. The Bertz CT molecular complexity index is 1140. The summed E-state index contributed by atoms with van der Waals surface area (Å²) in [6.45, 7) is 0. The van der Waals surface area contributed by atoms with Crippen LogP contribution in [0.3, 0.4) is 0 Å². The number of tetrazole rings is 2. The predicted molar refractivity (Wildman–Crippen MR) is 115 cm³/mol. The van der Waals surface area contributed by atoms with Gasteiger partial charge in [-0.3, -0.25) is 14.5 Å². The Labute approximate surface area is 199 Å². The Morgan fingerprint density at radius 3 is 2.39 bits per heavy atom. The number of nitrogens with zero attached hydrogens (tertiary/aromatic N) is 9. The Balaban J connectivity index is 1.48. The van der Waals surface area contributed by atoms with Crippen LogP contribution in [0.5, 0.6) is 0 Å². The molecular formula is C15H18N10O5S3. The lowest BCUT2D eigenvalue weighted by Gasteiger charge is -2.55. The van der Waals surface area contributed by atoms with Crippen LogP contribution in [0.1, 0.15) is 0 Å². The number of carboxylic acid groups (broad SMARTS) is 1. The molecule has 0 radical (unpaired) electrons. The van der Waals surface area contributed by atoms with Gasteiger partial charge in [-0.05, 0) is 26.4 Å². The summed E-state index contributed by atoms with van der Waals surface area (Å²) in [5.74, 6) is -1.81. The van der Waals surface area contributed by atoms with Crippen molar-refractivity contribution in [2.24, 2.45) is 14.1 Å². The van der Waals surface area contributed by atoms with Gasteiger partial charge in [0, 0.05) is 32.7 Å². The highest BCUT2D eigenvalue weighted by atomic mass is 32.2. The third-order valence-corrected chi connectivity index (χ3v) is 8.31. The van der Waals surface area contributed by atoms with Crippen LogP contribution in [-0.4, -0.2) is 104 Å². The number of amides is 2. The lowest BCUT2D eigenvalue weighted by Crippen LogP contribution is -2.80. The summed E-state index contributed by atoms with van der Waals surface area (Å²) in [5.41, 5.74) is -1.23. The van der Waals surface area contributed by atoms with Crippen LogP contribution in [0.4, 0.5) is 0 Å². The minimum absolute atomic E-state index is 0.0563. The van der Waals surface area contributed by atoms with Gasteiger partial charge in [-0.1, -0.05) is 23.5 Å². The van der Waals surface area contributed by atoms with Crippen LogP contribution in [0.15, 0.2) is 21.6 Å². The number of aryl methyl sites for hydroxylation is 2. The van der Waals surface area contributed by atoms with Crippen molar-refractivity contribution in [1.82, 2.24) is 50.6 Å². The molecule has 4 heterocycles. The molecule has 0 saturated carbocycles. The molecule has 0 aromatic carbocycles. The van der Waals surface area contributed by atoms with Crippen molar-refractivity contribution in [2.75, 3.05) is 24.4 Å². The first kappa shape index (κ1) is 23.5. The molecule has 2 aromatic rings. The van der Waals surface area contributed by atoms with E-state index in [1.807, 2.05) is 0 Å². The predicted octanol–water partition coefficient (Wildman–Crippen LogP) is -1.67. The molecule has 2 aliphatic rings. The number of ether oxygens (including phenoxy) is 1. The molecule has 2 aromatic heterocycles. The fourth-order valence-corrected chi connectivity index (χ4v) is 6.34. The number of thioether (sulfide) groups is 3. The van der Waals surface area contributed by atoms with Crippen LogP contribution < -0.4 is 5.32 Å². The van der Waals surface area contributed by atoms with Gasteiger partial charge in [-0.15, -0.1) is 22.0 Å². The molecule has 2 N–H and O–H groups in total. The van der Waals surface area contributed by atoms with Gasteiger partial charge in [0.2, 0.25) is 16.2 Å². The van der Waals surface area contributed by atoms with Crippen LogP contribution in [0.2, 0.25) is 0 Å². The second-order valence-electron chi connectivity index (χ2n) is 6.83. The van der Waals surface area contributed by atoms with Crippen molar-refractivity contribution in [3.63, 3.8) is 0 Å². The van der Waals surface area contributed by atoms with E-state index in [2.05, 4.69) is 36.4 Å². The number of hydrogen-bond acceptors (Lipinski definition) is 13. The van der Waals surface area contributed by atoms with Crippen LogP contribution in [0, 0.1) is 0 Å². The monoisotopic (exact) mass is 514 g/mol. The zero-order chi connectivity index (χ0) is 23.8. The second kappa shape index (κ2) is 9.27. The van der Waals surface area contributed by atoms with E-state index in [0.29, 0.717) is 21.6 Å². The number of carbonyl (C=O) groups is 3. The maximum Gasteiger partial charge on any atom is 0.352 e. The van der Waals surface area contributed by atoms with Gasteiger partial charge in [-0.25, -0.2) is 14.2 Å². The molecule has 0 spiro atoms. The van der Waals surface area contributed by atoms with E-state index in [-0.39, 0.29) is 17.2 Å². The fraction of sp³-hybridized carbons (Fsp3) is 0.533. The smallest absolute Gasteiger partial charge is 0.352 e. The lowest BCUT2D eigenvalue weighted by molar-refractivity contribution is -0.192. The van der Waals surface area contributed by atoms with E-state index in [0.717, 1.165) is 16.7 Å². The number of carbonyl (C=O) groups excluding carboxylic acids is 2. The molecule has 0 bridgehead atoms. The Hall–Kier alpha value is -2.70. The normalized spacial score (nSPS) is 22.2. The topological polar surface area (TPSA) is 183 Å². The van der Waals surface area contributed by atoms with Gasteiger partial charge >= 0.3 is 5.97 Å². The molecular weight excluding hydrogens is 496 g/mol. The second-order valence-corrected chi connectivity index (χ2v) is 9.78. The number of nitrogens with one attached hydrogen (secondary N) is 1. The summed E-state index contributed by atoms with van der Waals surface area (Å²) in [4.78, 5) is 38.9. The maximum atomic E-state index is 13.1. The molecule has 4 rings (SSSR count). The number of β-lactam (4-membered cyclic amide) rings is 1. The molecule has 176 valence electrons. The van der Waals surface area contributed by atoms with E-state index in [4.69, 9.17) is 4.74 Å². The molecule has 15 nitrogen and oxygen atoms in total. The first-order chi connectivity index (χ1) is 15.8. The number of hydrogen-bond donors (Lipinski definition) is 2. The van der Waals surface area contributed by atoms with E-state index >= 15 is 0 Å². The van der Waals surface area contributed by atoms with Gasteiger partial charge in [0.1, 0.15) is 11.1 Å². The standard InChI is InChI=1S/C15H18N10O5S3/c1-23-13(17-19-21-23)32-5-7-4-31-12-15(30-3,11(29)25(12)9(7)10(27)28)16-8(26)6-33-14-18-20-22-24(14)2/h12H,4-6H2,1-3H3,(H,16,26)(H,27,28)/t12-,15+/m0/s1. The molecule has 1 fully saturated rings. The van der Waals surface area contributed by atoms with Crippen molar-refractivity contribution < 1.29 is 24.2 Å². The highest BCUT2D eigenvalue weighted by Crippen LogP contribution is 2.47. The summed E-state index contributed by atoms with van der Waals surface area (Å²) >= 11 is 3.67. The summed E-state index contributed by atoms with van der Waals surface area (Å²) in [6.07, 6.45) is 0. The first-order valence-electron chi connectivity index (χ1n) is 9.25. The minimum atomic E-state index is -1.66. The van der Waals surface area contributed by atoms with Crippen molar-refractivity contribution in [3.05, 3.63) is 11.3 Å². The first-order valence-corrected chi connectivity index (χ1v) is 12.3. The van der Waals surface area contributed by atoms with E-state index in [9.17, 15) is 19.5 Å². The molecule has 2 atom stereocenters. The Kier molecular flexibility index (Phi) is 6.59. The number of methoxy groups -OCH3 is 1. The molecule has 0 aliphatic carbocycles. The van der Waals surface area contributed by atoms with Crippen molar-refractivity contribution in [2.45, 2.75) is 21.4 Å². The van der Waals surface area contributed by atoms with Crippen molar-refractivity contribution in [3.8, 4) is 0 Å². The zero-order valence-electron chi connectivity index (χ0n) is 17.5. The Morgan fingerprint density at radius 2 is 1.85 bits per heavy atom. The number of carboxylic acids is 1. The average molecular weight is 515 g/mol.